The zero-order valence-corrected chi connectivity index (χ0v) is 11.3. The van der Waals surface area contributed by atoms with E-state index >= 15 is 0 Å². The van der Waals surface area contributed by atoms with Gasteiger partial charge in [-0.3, -0.25) is 0 Å². The lowest BCUT2D eigenvalue weighted by Gasteiger charge is -2.25. The lowest BCUT2D eigenvalue weighted by atomic mass is 9.83. The molecule has 0 heterocycles. The zero-order valence-electron chi connectivity index (χ0n) is 11.3. The van der Waals surface area contributed by atoms with Crippen LogP contribution >= 0.6 is 0 Å². The first kappa shape index (κ1) is 13.9. The van der Waals surface area contributed by atoms with Crippen LogP contribution in [0, 0.1) is 6.92 Å². The average molecular weight is 266 g/mol. The molecule has 0 N–H and O–H groups in total. The molecule has 0 fully saturated rings. The van der Waals surface area contributed by atoms with Gasteiger partial charge < -0.3 is 0 Å². The molecular formula is C16H14N2O2. The van der Waals surface area contributed by atoms with Gasteiger partial charge in [-0.25, -0.2) is 9.59 Å². The first-order chi connectivity index (χ1) is 9.62. The molecule has 20 heavy (non-hydrogen) atoms. The van der Waals surface area contributed by atoms with Crippen molar-refractivity contribution < 1.29 is 9.59 Å². The number of hydrogen-bond donors (Lipinski definition) is 0. The number of carbonyl (C=O) groups excluding carboxylic acids is 2. The van der Waals surface area contributed by atoms with Gasteiger partial charge in [0.05, 0.1) is 0 Å². The number of isocyanates is 2. The van der Waals surface area contributed by atoms with Gasteiger partial charge in [0, 0.05) is 5.92 Å². The summed E-state index contributed by atoms with van der Waals surface area (Å²) in [5, 5.41) is 0. The smallest absolute Gasteiger partial charge is 0.211 e. The van der Waals surface area contributed by atoms with E-state index in [1.54, 1.807) is 12.2 Å². The number of nitrogens with zero attached hydrogens (tertiary/aromatic N) is 2. The molecule has 1 aromatic carbocycles. The maximum Gasteiger partial charge on any atom is 0.238 e. The normalized spacial score (nSPS) is 24.3. The predicted octanol–water partition coefficient (Wildman–Crippen LogP) is 2.96. The molecule has 100 valence electrons. The van der Waals surface area contributed by atoms with Crippen molar-refractivity contribution in [2.45, 2.75) is 25.4 Å². The fourth-order valence-electron chi connectivity index (χ4n) is 2.46. The van der Waals surface area contributed by atoms with Crippen LogP contribution in [0.2, 0.25) is 0 Å². The van der Waals surface area contributed by atoms with Gasteiger partial charge in [0.15, 0.2) is 0 Å². The van der Waals surface area contributed by atoms with E-state index in [-0.39, 0.29) is 5.92 Å². The first-order valence-electron chi connectivity index (χ1n) is 6.24. The van der Waals surface area contributed by atoms with Crippen LogP contribution < -0.4 is 0 Å². The minimum atomic E-state index is -1.28. The highest BCUT2D eigenvalue weighted by molar-refractivity contribution is 5.49. The van der Waals surface area contributed by atoms with Gasteiger partial charge in [-0.15, -0.1) is 0 Å². The molecule has 0 aromatic heterocycles. The van der Waals surface area contributed by atoms with Gasteiger partial charge in [-0.05, 0) is 37.1 Å². The SMILES string of the molecule is CC1=CC(N=C=O)(N=C=O)C=CC1c1ccccc1C. The summed E-state index contributed by atoms with van der Waals surface area (Å²) in [5.74, 6) is 0.0908. The summed E-state index contributed by atoms with van der Waals surface area (Å²) >= 11 is 0. The standard InChI is InChI=1S/C16H14N2O2/c1-12-5-3-4-6-14(12)15-7-8-16(17-10-19,18-11-20)9-13(15)2/h3-9,15H,1-2H3. The van der Waals surface area contributed by atoms with E-state index < -0.39 is 5.66 Å². The molecule has 4 heteroatoms. The first-order valence-corrected chi connectivity index (χ1v) is 6.24. The molecule has 0 amide bonds. The maximum absolute atomic E-state index is 10.5. The molecule has 0 aliphatic heterocycles. The quantitative estimate of drug-likeness (QED) is 0.479. The van der Waals surface area contributed by atoms with Crippen LogP contribution in [0.4, 0.5) is 0 Å². The van der Waals surface area contributed by atoms with E-state index in [0.29, 0.717) is 0 Å². The van der Waals surface area contributed by atoms with Crippen molar-refractivity contribution in [3.05, 3.63) is 59.2 Å². The molecule has 0 radical (unpaired) electrons. The van der Waals surface area contributed by atoms with Crippen LogP contribution in [0.5, 0.6) is 0 Å². The van der Waals surface area contributed by atoms with Crippen molar-refractivity contribution in [2.24, 2.45) is 9.98 Å². The fourth-order valence-corrected chi connectivity index (χ4v) is 2.46. The molecule has 2 rings (SSSR count). The van der Waals surface area contributed by atoms with Crippen molar-refractivity contribution in [1.29, 1.82) is 0 Å². The fraction of sp³-hybridized carbons (Fsp3) is 0.250. The van der Waals surface area contributed by atoms with Crippen molar-refractivity contribution in [3.63, 3.8) is 0 Å². The monoisotopic (exact) mass is 266 g/mol. The van der Waals surface area contributed by atoms with Gasteiger partial charge in [0.25, 0.3) is 0 Å². The number of aryl methyl sites for hydroxylation is 1. The van der Waals surface area contributed by atoms with E-state index in [0.717, 1.165) is 5.57 Å². The van der Waals surface area contributed by atoms with Crippen LogP contribution in [0.3, 0.4) is 0 Å². The highest BCUT2D eigenvalue weighted by Crippen LogP contribution is 2.35. The Hall–Kier alpha value is -2.54. The summed E-state index contributed by atoms with van der Waals surface area (Å²) in [6, 6.07) is 8.08. The van der Waals surface area contributed by atoms with E-state index in [1.807, 2.05) is 38.1 Å². The summed E-state index contributed by atoms with van der Waals surface area (Å²) in [5.41, 5.74) is 2.04. The Morgan fingerprint density at radius 1 is 1.10 bits per heavy atom. The maximum atomic E-state index is 10.5. The number of aliphatic imine (C=N–C) groups is 2. The zero-order chi connectivity index (χ0) is 14.6. The molecule has 1 aliphatic rings. The molecular weight excluding hydrogens is 252 g/mol. The average Bonchev–Trinajstić information content (AvgIpc) is 2.41. The van der Waals surface area contributed by atoms with Gasteiger partial charge in [0.1, 0.15) is 0 Å². The second-order valence-corrected chi connectivity index (χ2v) is 4.77. The molecule has 0 saturated heterocycles. The van der Waals surface area contributed by atoms with Crippen molar-refractivity contribution in [3.8, 4) is 0 Å². The molecule has 1 aliphatic carbocycles. The van der Waals surface area contributed by atoms with Gasteiger partial charge in [0.2, 0.25) is 17.8 Å². The van der Waals surface area contributed by atoms with Crippen LogP contribution in [-0.2, 0) is 9.59 Å². The summed E-state index contributed by atoms with van der Waals surface area (Å²) in [4.78, 5) is 28.3. The second-order valence-electron chi connectivity index (χ2n) is 4.77. The van der Waals surface area contributed by atoms with Gasteiger partial charge in [-0.1, -0.05) is 35.9 Å². The molecule has 0 saturated carbocycles. The van der Waals surface area contributed by atoms with Crippen LogP contribution in [0.15, 0.2) is 58.1 Å². The Balaban J connectivity index is 2.46. The molecule has 1 atom stereocenters. The third kappa shape index (κ3) is 2.57. The molecule has 0 spiro atoms. The second kappa shape index (κ2) is 5.62. The summed E-state index contributed by atoms with van der Waals surface area (Å²) in [7, 11) is 0. The van der Waals surface area contributed by atoms with Crippen LogP contribution in [0.25, 0.3) is 0 Å². The van der Waals surface area contributed by atoms with Crippen LogP contribution in [-0.4, -0.2) is 17.8 Å². The largest absolute Gasteiger partial charge is 0.238 e. The Bertz CT molecular complexity index is 657. The number of allylic oxidation sites excluding steroid dienone is 2. The molecule has 4 nitrogen and oxygen atoms in total. The highest BCUT2D eigenvalue weighted by atomic mass is 16.1. The number of benzene rings is 1. The topological polar surface area (TPSA) is 58.9 Å². The van der Waals surface area contributed by atoms with E-state index in [2.05, 4.69) is 16.1 Å². The summed E-state index contributed by atoms with van der Waals surface area (Å²) in [6.45, 7) is 3.97. The summed E-state index contributed by atoms with van der Waals surface area (Å²) < 4.78 is 0. The Morgan fingerprint density at radius 3 is 2.30 bits per heavy atom. The Morgan fingerprint density at radius 2 is 1.75 bits per heavy atom. The molecule has 0 bridgehead atoms. The number of rotatable bonds is 3. The third-order valence-electron chi connectivity index (χ3n) is 3.44. The Kier molecular flexibility index (Phi) is 3.90. The third-order valence-corrected chi connectivity index (χ3v) is 3.44. The van der Waals surface area contributed by atoms with Gasteiger partial charge in [-0.2, -0.15) is 9.98 Å². The lowest BCUT2D eigenvalue weighted by Crippen LogP contribution is -2.22. The van der Waals surface area contributed by atoms with Crippen molar-refractivity contribution in [1.82, 2.24) is 0 Å². The minimum Gasteiger partial charge on any atom is -0.211 e. The Labute approximate surface area is 117 Å². The lowest BCUT2D eigenvalue weighted by molar-refractivity contribution is 0.543. The van der Waals surface area contributed by atoms with Crippen molar-refractivity contribution >= 4 is 12.2 Å². The number of hydrogen-bond acceptors (Lipinski definition) is 4. The van der Waals surface area contributed by atoms with E-state index in [9.17, 15) is 9.59 Å². The minimum absolute atomic E-state index is 0.0908. The van der Waals surface area contributed by atoms with E-state index in [1.165, 1.54) is 23.3 Å². The molecule has 1 unspecified atom stereocenters. The van der Waals surface area contributed by atoms with Crippen LogP contribution in [0.1, 0.15) is 24.0 Å². The van der Waals surface area contributed by atoms with E-state index in [4.69, 9.17) is 0 Å². The predicted molar refractivity (Wildman–Crippen MR) is 75.8 cm³/mol. The highest BCUT2D eigenvalue weighted by Gasteiger charge is 2.29. The molecule has 1 aromatic rings. The van der Waals surface area contributed by atoms with Crippen molar-refractivity contribution in [2.75, 3.05) is 0 Å². The van der Waals surface area contributed by atoms with Gasteiger partial charge >= 0.3 is 0 Å². The summed E-state index contributed by atoms with van der Waals surface area (Å²) in [6.07, 6.45) is 8.14.